The second-order valence-corrected chi connectivity index (χ2v) is 11.3. The number of hydrogen-bond donors (Lipinski definition) is 2. The van der Waals surface area contributed by atoms with Crippen LogP contribution in [0, 0.1) is 0 Å². The molecule has 12 nitrogen and oxygen atoms in total. The lowest BCUT2D eigenvalue weighted by Gasteiger charge is -2.39. The summed E-state index contributed by atoms with van der Waals surface area (Å²) < 4.78 is 134. The minimum atomic E-state index is -5.84. The van der Waals surface area contributed by atoms with E-state index < -0.39 is 88.7 Å². The predicted molar refractivity (Wildman–Crippen MR) is 160 cm³/mol. The Morgan fingerprint density at radius 2 is 1.49 bits per heavy atom. The third-order valence-corrected chi connectivity index (χ3v) is 8.21. The van der Waals surface area contributed by atoms with Gasteiger partial charge in [0.05, 0.1) is 11.9 Å². The van der Waals surface area contributed by atoms with E-state index >= 15 is 0 Å². The van der Waals surface area contributed by atoms with Gasteiger partial charge in [-0.15, -0.1) is 13.2 Å². The van der Waals surface area contributed by atoms with Crippen LogP contribution in [0.5, 0.6) is 5.75 Å². The van der Waals surface area contributed by atoms with Crippen LogP contribution in [0.3, 0.4) is 0 Å². The number of piperazine rings is 1. The van der Waals surface area contributed by atoms with Crippen molar-refractivity contribution in [1.82, 2.24) is 19.6 Å². The molecule has 1 heterocycles. The first-order chi connectivity index (χ1) is 22.8. The van der Waals surface area contributed by atoms with Gasteiger partial charge in [-0.05, 0) is 29.8 Å². The molecule has 2 aromatic carbocycles. The first-order valence-electron chi connectivity index (χ1n) is 14.6. The Bertz CT molecular complexity index is 1490. The number of rotatable bonds is 10. The average molecular weight is 736 g/mol. The highest BCUT2D eigenvalue weighted by atomic mass is 32.2. The molecule has 1 fully saturated rings. The van der Waals surface area contributed by atoms with Gasteiger partial charge in [0.15, 0.2) is 0 Å². The highest BCUT2D eigenvalue weighted by molar-refractivity contribution is 7.89. The van der Waals surface area contributed by atoms with Crippen molar-refractivity contribution in [3.63, 3.8) is 0 Å². The van der Waals surface area contributed by atoms with Crippen molar-refractivity contribution in [3.8, 4) is 5.75 Å². The molecule has 1 saturated heterocycles. The van der Waals surface area contributed by atoms with Crippen molar-refractivity contribution >= 4 is 21.8 Å². The van der Waals surface area contributed by atoms with E-state index in [0.29, 0.717) is 21.6 Å². The number of amides is 2. The van der Waals surface area contributed by atoms with Crippen LogP contribution in [0.2, 0.25) is 0 Å². The van der Waals surface area contributed by atoms with Crippen molar-refractivity contribution in [1.29, 1.82) is 0 Å². The minimum Gasteiger partial charge on any atom is -0.406 e. The molecule has 21 heteroatoms. The van der Waals surface area contributed by atoms with E-state index in [2.05, 4.69) is 20.4 Å². The van der Waals surface area contributed by atoms with Crippen LogP contribution in [0.25, 0.3) is 0 Å². The number of nitrogens with two attached hydrogens (primary N) is 1. The van der Waals surface area contributed by atoms with Gasteiger partial charge < -0.3 is 15.0 Å². The second kappa shape index (κ2) is 18.0. The molecule has 0 radical (unpaired) electrons. The molecule has 0 aliphatic carbocycles. The van der Waals surface area contributed by atoms with E-state index in [1.165, 1.54) is 7.05 Å². The smallest absolute Gasteiger partial charge is 0.406 e. The molecule has 2 aromatic rings. The summed E-state index contributed by atoms with van der Waals surface area (Å²) in [7, 11) is -3.29. The van der Waals surface area contributed by atoms with Crippen LogP contribution >= 0.6 is 0 Å². The highest BCUT2D eigenvalue weighted by Gasteiger charge is 2.58. The Balaban J connectivity index is 0.00000289. The first kappa shape index (κ1) is 42.9. The van der Waals surface area contributed by atoms with Crippen LogP contribution in [-0.2, 0) is 32.1 Å². The van der Waals surface area contributed by atoms with E-state index in [0.717, 1.165) is 41.3 Å². The Labute approximate surface area is 277 Å². The van der Waals surface area contributed by atoms with Gasteiger partial charge in [-0.3, -0.25) is 9.59 Å². The summed E-state index contributed by atoms with van der Waals surface area (Å²) in [5.74, 6) is -1.97. The Hall–Kier alpha value is -4.11. The lowest BCUT2D eigenvalue weighted by molar-refractivity contribution is -0.289. The first-order valence-corrected chi connectivity index (χ1v) is 16.0. The van der Waals surface area contributed by atoms with Crippen LogP contribution in [-0.4, -0.2) is 86.4 Å². The van der Waals surface area contributed by atoms with E-state index in [4.69, 9.17) is 5.84 Å². The van der Waals surface area contributed by atoms with Gasteiger partial charge in [0.25, 0.3) is 0 Å². The van der Waals surface area contributed by atoms with Crippen LogP contribution in [0.15, 0.2) is 63.8 Å². The number of nitrogens with zero attached hydrogens (tertiary/aromatic N) is 5. The van der Waals surface area contributed by atoms with Gasteiger partial charge in [0.2, 0.25) is 21.8 Å². The standard InChI is InChI=1S/C24H25F8N7O5S.2C2H6/c1-34-36-39(33)14-20(40)37-10-11-38(45(42,43)18-8-6-17(7-9-18)44-24(30,31)32)19(13-37)21(41)35-12-15-2-4-16(5-3-15)22(25,26)23(27,28)29;2*1-2/h2-9,19H,10-14,33H2,1H3,(H,35,41);2*1-2H3/t19-;;/m1../s1. The fourth-order valence-corrected chi connectivity index (χ4v) is 5.70. The number of alkyl halides is 8. The zero-order chi connectivity index (χ0) is 37.8. The monoisotopic (exact) mass is 735 g/mol. The number of hydrazine groups is 1. The summed E-state index contributed by atoms with van der Waals surface area (Å²) in [5, 5.41) is 9.90. The summed E-state index contributed by atoms with van der Waals surface area (Å²) in [6, 6.07) is 4.37. The zero-order valence-corrected chi connectivity index (χ0v) is 27.8. The highest BCUT2D eigenvalue weighted by Crippen LogP contribution is 2.43. The molecule has 0 bridgehead atoms. The molecule has 3 rings (SSSR count). The number of ether oxygens (including phenoxy) is 1. The van der Waals surface area contributed by atoms with Crippen LogP contribution < -0.4 is 15.9 Å². The van der Waals surface area contributed by atoms with Crippen molar-refractivity contribution in [3.05, 3.63) is 59.7 Å². The van der Waals surface area contributed by atoms with Crippen molar-refractivity contribution in [2.75, 3.05) is 33.2 Å². The number of carbonyl (C=O) groups excluding carboxylic acids is 2. The maximum atomic E-state index is 13.6. The molecule has 0 unspecified atom stereocenters. The fourth-order valence-electron chi connectivity index (χ4n) is 4.13. The Kier molecular flexibility index (Phi) is 15.8. The topological polar surface area (TPSA) is 150 Å². The second-order valence-electron chi connectivity index (χ2n) is 9.36. The quantitative estimate of drug-likeness (QED) is 0.151. The third kappa shape index (κ3) is 11.8. The van der Waals surface area contributed by atoms with Gasteiger partial charge in [0.1, 0.15) is 18.3 Å². The van der Waals surface area contributed by atoms with Gasteiger partial charge in [-0.2, -0.15) is 31.4 Å². The van der Waals surface area contributed by atoms with E-state index in [1.807, 2.05) is 27.7 Å². The molecule has 3 N–H and O–H groups in total. The van der Waals surface area contributed by atoms with Crippen LogP contribution in [0.1, 0.15) is 38.8 Å². The molecule has 1 aliphatic rings. The van der Waals surface area contributed by atoms with Crippen molar-refractivity contribution in [2.24, 2.45) is 16.2 Å². The van der Waals surface area contributed by atoms with E-state index in [9.17, 15) is 53.1 Å². The third-order valence-electron chi connectivity index (χ3n) is 6.29. The molecule has 0 saturated carbocycles. The lowest BCUT2D eigenvalue weighted by Crippen LogP contribution is -2.62. The number of sulfonamides is 1. The predicted octanol–water partition coefficient (Wildman–Crippen LogP) is 4.98. The van der Waals surface area contributed by atoms with Gasteiger partial charge in [-0.1, -0.05) is 57.2 Å². The maximum absolute atomic E-state index is 13.6. The average Bonchev–Trinajstić information content (AvgIpc) is 3.04. The molecule has 276 valence electrons. The summed E-state index contributed by atoms with van der Waals surface area (Å²) in [5.41, 5.74) is -1.26. The Morgan fingerprint density at radius 1 is 0.939 bits per heavy atom. The zero-order valence-electron chi connectivity index (χ0n) is 27.0. The van der Waals surface area contributed by atoms with Crippen molar-refractivity contribution in [2.45, 2.75) is 63.6 Å². The summed E-state index contributed by atoms with van der Waals surface area (Å²) in [6.07, 6.45) is -10.9. The molecular weight excluding hydrogens is 698 g/mol. The van der Waals surface area contributed by atoms with Crippen molar-refractivity contribution < 1.29 is 57.9 Å². The number of nitrogens with one attached hydrogen (secondary N) is 1. The number of carbonyl (C=O) groups is 2. The SMILES string of the molecule is CC.CC.CN=NN(N)CC(=O)N1CCN(S(=O)(=O)c2ccc(OC(F)(F)F)cc2)[C@@H](C(=O)NCc2ccc(C(F)(F)C(F)(F)F)cc2)C1. The Morgan fingerprint density at radius 3 is 1.98 bits per heavy atom. The normalized spacial score (nSPS) is 15.8. The summed E-state index contributed by atoms with van der Waals surface area (Å²) >= 11 is 0. The maximum Gasteiger partial charge on any atom is 0.573 e. The molecule has 2 amide bonds. The molecule has 1 atom stereocenters. The molecular formula is C28H37F8N7O5S. The van der Waals surface area contributed by atoms with Gasteiger partial charge >= 0.3 is 18.5 Å². The lowest BCUT2D eigenvalue weighted by atomic mass is 10.1. The number of hydrogen-bond acceptors (Lipinski definition) is 8. The molecule has 49 heavy (non-hydrogen) atoms. The molecule has 1 aliphatic heterocycles. The van der Waals surface area contributed by atoms with E-state index in [-0.39, 0.29) is 12.1 Å². The summed E-state index contributed by atoms with van der Waals surface area (Å²) in [6.45, 7) is 5.85. The molecule has 0 aromatic heterocycles. The number of halogens is 8. The van der Waals surface area contributed by atoms with Gasteiger partial charge in [0, 0.05) is 31.7 Å². The largest absolute Gasteiger partial charge is 0.573 e. The van der Waals surface area contributed by atoms with Crippen LogP contribution in [0.4, 0.5) is 35.1 Å². The van der Waals surface area contributed by atoms with Gasteiger partial charge in [-0.25, -0.2) is 19.4 Å². The van der Waals surface area contributed by atoms with E-state index in [1.54, 1.807) is 0 Å². The fraction of sp³-hybridized carbons (Fsp3) is 0.500. The number of benzene rings is 2. The summed E-state index contributed by atoms with van der Waals surface area (Å²) in [4.78, 5) is 26.6. The molecule has 0 spiro atoms. The minimum absolute atomic E-state index is 0.0761.